The van der Waals surface area contributed by atoms with E-state index in [-0.39, 0.29) is 12.6 Å². The van der Waals surface area contributed by atoms with E-state index in [1.165, 1.54) is 11.1 Å². The number of hydrogen-bond donors (Lipinski definition) is 1. The van der Waals surface area contributed by atoms with Crippen molar-refractivity contribution in [2.75, 3.05) is 47.0 Å². The Labute approximate surface area is 240 Å². The van der Waals surface area contributed by atoms with Crippen molar-refractivity contribution >= 4 is 17.8 Å². The van der Waals surface area contributed by atoms with Gasteiger partial charge in [0.25, 0.3) is 0 Å². The number of benzene rings is 3. The van der Waals surface area contributed by atoms with Gasteiger partial charge in [-0.1, -0.05) is 66.7 Å². The maximum atomic E-state index is 13.4. The molecule has 3 aromatic carbocycles. The van der Waals surface area contributed by atoms with E-state index in [9.17, 15) is 9.59 Å². The molecule has 1 N–H and O–H groups in total. The molecule has 41 heavy (non-hydrogen) atoms. The first-order valence-electron chi connectivity index (χ1n) is 13.9. The molecule has 0 aromatic heterocycles. The van der Waals surface area contributed by atoms with Crippen molar-refractivity contribution in [2.45, 2.75) is 19.0 Å². The summed E-state index contributed by atoms with van der Waals surface area (Å²) in [5.74, 6) is -0.634. The molecule has 0 bridgehead atoms. The summed E-state index contributed by atoms with van der Waals surface area (Å²) in [6.45, 7) is 4.76. The first-order valence-corrected chi connectivity index (χ1v) is 13.9. The number of methoxy groups -OCH3 is 2. The molecule has 214 valence electrons. The van der Waals surface area contributed by atoms with Gasteiger partial charge in [0.1, 0.15) is 6.04 Å². The third kappa shape index (κ3) is 6.05. The third-order valence-corrected chi connectivity index (χ3v) is 7.59. The highest BCUT2D eigenvalue weighted by molar-refractivity contribution is 6.08. The molecule has 1 fully saturated rings. The lowest BCUT2D eigenvalue weighted by molar-refractivity contribution is -0.153. The highest BCUT2D eigenvalue weighted by Gasteiger charge is 2.42. The Morgan fingerprint density at radius 2 is 1.51 bits per heavy atom. The van der Waals surface area contributed by atoms with E-state index in [2.05, 4.69) is 63.6 Å². The second-order valence-corrected chi connectivity index (χ2v) is 9.98. The molecule has 1 amide bonds. The average Bonchev–Trinajstić information content (AvgIpc) is 3.02. The van der Waals surface area contributed by atoms with Crippen LogP contribution in [0.5, 0.6) is 11.5 Å². The van der Waals surface area contributed by atoms with Crippen molar-refractivity contribution in [2.24, 2.45) is 10.9 Å². The van der Waals surface area contributed by atoms with Crippen LogP contribution in [-0.4, -0.2) is 74.6 Å². The van der Waals surface area contributed by atoms with E-state index in [1.807, 2.05) is 12.1 Å². The fourth-order valence-electron chi connectivity index (χ4n) is 5.58. The van der Waals surface area contributed by atoms with E-state index >= 15 is 0 Å². The predicted molar refractivity (Wildman–Crippen MR) is 156 cm³/mol. The van der Waals surface area contributed by atoms with Crippen LogP contribution >= 0.6 is 0 Å². The number of rotatable bonds is 8. The number of piperazine rings is 1. The molecular formula is C32H36N4O5. The number of guanidine groups is 1. The summed E-state index contributed by atoms with van der Waals surface area (Å²) in [4.78, 5) is 35.8. The highest BCUT2D eigenvalue weighted by atomic mass is 16.5. The molecule has 3 aromatic rings. The molecule has 0 radical (unpaired) electrons. The average molecular weight is 557 g/mol. The SMILES string of the molecule is CCOC(=O)[C@H]1C(=O)NC(N2CCN(C(c3ccccc3)c3ccccc3)CC2)=N[C@H]1c1ccc(OC)c(OC)c1. The van der Waals surface area contributed by atoms with Crippen LogP contribution in [0, 0.1) is 5.92 Å². The van der Waals surface area contributed by atoms with Gasteiger partial charge in [0.05, 0.1) is 26.9 Å². The Bertz CT molecular complexity index is 1330. The van der Waals surface area contributed by atoms with Gasteiger partial charge in [-0.15, -0.1) is 0 Å². The van der Waals surface area contributed by atoms with Crippen LogP contribution in [0.15, 0.2) is 83.9 Å². The largest absolute Gasteiger partial charge is 0.493 e. The van der Waals surface area contributed by atoms with Crippen molar-refractivity contribution in [3.63, 3.8) is 0 Å². The van der Waals surface area contributed by atoms with Crippen LogP contribution < -0.4 is 14.8 Å². The second kappa shape index (κ2) is 12.9. The van der Waals surface area contributed by atoms with Gasteiger partial charge in [0, 0.05) is 26.2 Å². The van der Waals surface area contributed by atoms with E-state index < -0.39 is 23.8 Å². The first-order chi connectivity index (χ1) is 20.0. The number of amides is 1. The first kappa shape index (κ1) is 28.2. The summed E-state index contributed by atoms with van der Waals surface area (Å²) in [5, 5.41) is 2.90. The van der Waals surface area contributed by atoms with E-state index in [4.69, 9.17) is 19.2 Å². The van der Waals surface area contributed by atoms with Gasteiger partial charge >= 0.3 is 5.97 Å². The quantitative estimate of drug-likeness (QED) is 0.333. The Kier molecular flexibility index (Phi) is 8.84. The summed E-state index contributed by atoms with van der Waals surface area (Å²) in [5.41, 5.74) is 3.14. The van der Waals surface area contributed by atoms with Gasteiger partial charge in [0.15, 0.2) is 17.4 Å². The summed E-state index contributed by atoms with van der Waals surface area (Å²) >= 11 is 0. The van der Waals surface area contributed by atoms with Gasteiger partial charge < -0.3 is 19.1 Å². The second-order valence-electron chi connectivity index (χ2n) is 9.98. The minimum Gasteiger partial charge on any atom is -0.493 e. The Hall–Kier alpha value is -4.37. The smallest absolute Gasteiger partial charge is 0.321 e. The number of carbonyl (C=O) groups is 2. The molecule has 9 nitrogen and oxygen atoms in total. The van der Waals surface area contributed by atoms with Crippen molar-refractivity contribution in [1.29, 1.82) is 0 Å². The maximum absolute atomic E-state index is 13.4. The molecule has 0 saturated carbocycles. The summed E-state index contributed by atoms with van der Waals surface area (Å²) in [7, 11) is 3.10. The molecule has 0 unspecified atom stereocenters. The molecule has 2 heterocycles. The number of aliphatic imine (C=N–C) groups is 1. The lowest BCUT2D eigenvalue weighted by Gasteiger charge is -2.42. The monoisotopic (exact) mass is 556 g/mol. The molecule has 5 rings (SSSR count). The number of carbonyl (C=O) groups excluding carboxylic acids is 2. The predicted octanol–water partition coefficient (Wildman–Crippen LogP) is 3.82. The van der Waals surface area contributed by atoms with Crippen molar-refractivity contribution in [1.82, 2.24) is 15.1 Å². The fraction of sp³-hybridized carbons (Fsp3) is 0.344. The number of nitrogens with zero attached hydrogens (tertiary/aromatic N) is 3. The number of nitrogens with one attached hydrogen (secondary N) is 1. The van der Waals surface area contributed by atoms with Gasteiger partial charge in [-0.05, 0) is 35.7 Å². The van der Waals surface area contributed by atoms with Crippen molar-refractivity contribution in [3.8, 4) is 11.5 Å². The van der Waals surface area contributed by atoms with Gasteiger partial charge in [-0.3, -0.25) is 19.8 Å². The zero-order chi connectivity index (χ0) is 28.8. The lowest BCUT2D eigenvalue weighted by atomic mass is 9.91. The number of ether oxygens (including phenoxy) is 3. The zero-order valence-corrected chi connectivity index (χ0v) is 23.7. The van der Waals surface area contributed by atoms with E-state index in [1.54, 1.807) is 39.3 Å². The van der Waals surface area contributed by atoms with Crippen LogP contribution in [0.4, 0.5) is 0 Å². The van der Waals surface area contributed by atoms with Crippen molar-refractivity contribution < 1.29 is 23.8 Å². The standard InChI is InChI=1S/C32H36N4O5/c1-4-41-31(38)27-28(24-15-16-25(39-2)26(21-24)40-3)33-32(34-30(27)37)36-19-17-35(18-20-36)29(22-11-7-5-8-12-22)23-13-9-6-10-14-23/h5-16,21,27-29H,4,17-20H2,1-3H3,(H,33,34,37)/t27-,28+/m1/s1. The Morgan fingerprint density at radius 1 is 0.902 bits per heavy atom. The Morgan fingerprint density at radius 3 is 2.07 bits per heavy atom. The van der Waals surface area contributed by atoms with E-state index in [0.717, 1.165) is 13.1 Å². The van der Waals surface area contributed by atoms with Gasteiger partial charge in [-0.2, -0.15) is 0 Å². The zero-order valence-electron chi connectivity index (χ0n) is 23.7. The molecule has 0 spiro atoms. The van der Waals surface area contributed by atoms with Crippen LogP contribution in [0.2, 0.25) is 0 Å². The fourth-order valence-corrected chi connectivity index (χ4v) is 5.58. The van der Waals surface area contributed by atoms with Crippen LogP contribution in [0.25, 0.3) is 0 Å². The van der Waals surface area contributed by atoms with Crippen LogP contribution in [-0.2, 0) is 14.3 Å². The maximum Gasteiger partial charge on any atom is 0.321 e. The molecule has 2 aliphatic rings. The lowest BCUT2D eigenvalue weighted by Crippen LogP contribution is -2.57. The van der Waals surface area contributed by atoms with Gasteiger partial charge in [0.2, 0.25) is 11.9 Å². The number of esters is 1. The Balaban J connectivity index is 1.41. The molecule has 1 saturated heterocycles. The van der Waals surface area contributed by atoms with E-state index in [0.29, 0.717) is 36.1 Å². The summed E-state index contributed by atoms with van der Waals surface area (Å²) in [6.07, 6.45) is 0. The summed E-state index contributed by atoms with van der Waals surface area (Å²) < 4.78 is 16.1. The van der Waals surface area contributed by atoms with Gasteiger partial charge in [-0.25, -0.2) is 4.99 Å². The number of hydrogen-bond acceptors (Lipinski definition) is 8. The third-order valence-electron chi connectivity index (χ3n) is 7.59. The normalized spacial score (nSPS) is 19.4. The minimum atomic E-state index is -1.11. The summed E-state index contributed by atoms with van der Waals surface area (Å²) in [6, 6.07) is 25.7. The molecule has 2 atom stereocenters. The van der Waals surface area contributed by atoms with Crippen LogP contribution in [0.1, 0.15) is 35.7 Å². The minimum absolute atomic E-state index is 0.121. The van der Waals surface area contributed by atoms with Crippen molar-refractivity contribution in [3.05, 3.63) is 95.6 Å². The van der Waals surface area contributed by atoms with Crippen LogP contribution in [0.3, 0.4) is 0 Å². The topological polar surface area (TPSA) is 92.7 Å². The molecular weight excluding hydrogens is 520 g/mol. The molecule has 2 aliphatic heterocycles. The highest BCUT2D eigenvalue weighted by Crippen LogP contribution is 2.37. The molecule has 0 aliphatic carbocycles. The molecule has 9 heteroatoms.